The summed E-state index contributed by atoms with van der Waals surface area (Å²) in [5.74, 6) is -0.676. The van der Waals surface area contributed by atoms with Crippen LogP contribution in [0.1, 0.15) is 11.1 Å². The number of amides is 1. The molecule has 0 spiro atoms. The van der Waals surface area contributed by atoms with Gasteiger partial charge in [0.05, 0.1) is 5.69 Å². The number of hydrogen-bond donors (Lipinski definition) is 1. The molecule has 4 nitrogen and oxygen atoms in total. The number of carbonyl (C=O) groups is 1. The van der Waals surface area contributed by atoms with Crippen molar-refractivity contribution in [3.63, 3.8) is 0 Å². The lowest BCUT2D eigenvalue weighted by molar-refractivity contribution is -0.112. The lowest BCUT2D eigenvalue weighted by atomic mass is 10.1. The van der Waals surface area contributed by atoms with Crippen LogP contribution in [0.3, 0.4) is 0 Å². The first kappa shape index (κ1) is 20.3. The quantitative estimate of drug-likeness (QED) is 0.386. The van der Waals surface area contributed by atoms with Crippen LogP contribution in [0, 0.1) is 17.1 Å². The largest absolute Gasteiger partial charge is 0.489 e. The lowest BCUT2D eigenvalue weighted by Crippen LogP contribution is -2.14. The van der Waals surface area contributed by atoms with E-state index in [2.05, 4.69) is 21.2 Å². The van der Waals surface area contributed by atoms with Crippen LogP contribution in [0.15, 0.2) is 82.8 Å². The number of nitriles is 1. The van der Waals surface area contributed by atoms with E-state index in [1.54, 1.807) is 30.3 Å². The van der Waals surface area contributed by atoms with E-state index in [1.807, 2.05) is 36.4 Å². The second kappa shape index (κ2) is 9.67. The summed E-state index contributed by atoms with van der Waals surface area (Å²) in [5, 5.41) is 11.8. The summed E-state index contributed by atoms with van der Waals surface area (Å²) in [6, 6.07) is 22.9. The zero-order chi connectivity index (χ0) is 20.6. The van der Waals surface area contributed by atoms with Crippen LogP contribution in [0.2, 0.25) is 0 Å². The summed E-state index contributed by atoms with van der Waals surface area (Å²) >= 11 is 3.16. The lowest BCUT2D eigenvalue weighted by Gasteiger charge is -2.08. The average Bonchev–Trinajstić information content (AvgIpc) is 2.73. The van der Waals surface area contributed by atoms with Crippen molar-refractivity contribution in [3.8, 4) is 11.8 Å². The van der Waals surface area contributed by atoms with Gasteiger partial charge in [-0.3, -0.25) is 4.79 Å². The summed E-state index contributed by atoms with van der Waals surface area (Å²) < 4.78 is 20.2. The molecule has 6 heteroatoms. The van der Waals surface area contributed by atoms with E-state index in [9.17, 15) is 14.4 Å². The molecule has 0 saturated heterocycles. The first-order chi connectivity index (χ1) is 14.0. The molecule has 3 aromatic carbocycles. The predicted molar refractivity (Wildman–Crippen MR) is 114 cm³/mol. The number of anilines is 1. The van der Waals surface area contributed by atoms with Crippen molar-refractivity contribution in [3.05, 3.63) is 99.8 Å². The Labute approximate surface area is 176 Å². The summed E-state index contributed by atoms with van der Waals surface area (Å²) in [5.41, 5.74) is 1.51. The van der Waals surface area contributed by atoms with Crippen LogP contribution in [0.25, 0.3) is 6.08 Å². The molecule has 0 bridgehead atoms. The number of nitrogens with zero attached hydrogens (tertiary/aromatic N) is 1. The maximum Gasteiger partial charge on any atom is 0.266 e. The molecule has 1 N–H and O–H groups in total. The summed E-state index contributed by atoms with van der Waals surface area (Å²) in [6.45, 7) is 0.405. The zero-order valence-corrected chi connectivity index (χ0v) is 16.8. The average molecular weight is 451 g/mol. The maximum absolute atomic E-state index is 13.9. The third-order valence-corrected chi connectivity index (χ3v) is 4.46. The zero-order valence-electron chi connectivity index (χ0n) is 15.2. The standard InChI is InChI=1S/C23H16BrFN2O2/c24-19-9-10-22(21(25)13-19)27-23(28)18(14-26)11-17-7-4-8-20(12-17)29-15-16-5-2-1-3-6-16/h1-13H,15H2,(H,27,28). The van der Waals surface area contributed by atoms with Crippen LogP contribution in [0.5, 0.6) is 5.75 Å². The molecule has 0 heterocycles. The summed E-state index contributed by atoms with van der Waals surface area (Å²) in [6.07, 6.45) is 1.43. The first-order valence-electron chi connectivity index (χ1n) is 8.70. The van der Waals surface area contributed by atoms with Gasteiger partial charge in [0.15, 0.2) is 0 Å². The number of ether oxygens (including phenoxy) is 1. The van der Waals surface area contributed by atoms with E-state index in [1.165, 1.54) is 18.2 Å². The van der Waals surface area contributed by atoms with Gasteiger partial charge in [0, 0.05) is 4.47 Å². The molecule has 0 fully saturated rings. The van der Waals surface area contributed by atoms with Gasteiger partial charge in [0.25, 0.3) is 5.91 Å². The van der Waals surface area contributed by atoms with Gasteiger partial charge in [-0.15, -0.1) is 0 Å². The van der Waals surface area contributed by atoms with E-state index >= 15 is 0 Å². The minimum Gasteiger partial charge on any atom is -0.489 e. The van der Waals surface area contributed by atoms with Gasteiger partial charge < -0.3 is 10.1 Å². The van der Waals surface area contributed by atoms with Crippen molar-refractivity contribution >= 4 is 33.6 Å². The third kappa shape index (κ3) is 5.77. The highest BCUT2D eigenvalue weighted by atomic mass is 79.9. The minimum absolute atomic E-state index is 0.000653. The molecule has 0 radical (unpaired) electrons. The Bertz CT molecular complexity index is 1090. The molecule has 144 valence electrons. The van der Waals surface area contributed by atoms with Crippen molar-refractivity contribution < 1.29 is 13.9 Å². The molecular formula is C23H16BrFN2O2. The molecular weight excluding hydrogens is 435 g/mol. The van der Waals surface area contributed by atoms with E-state index < -0.39 is 11.7 Å². The Morgan fingerprint density at radius 2 is 1.90 bits per heavy atom. The van der Waals surface area contributed by atoms with E-state index in [4.69, 9.17) is 4.74 Å². The van der Waals surface area contributed by atoms with Gasteiger partial charge in [-0.05, 0) is 47.5 Å². The highest BCUT2D eigenvalue weighted by Gasteiger charge is 2.12. The summed E-state index contributed by atoms with van der Waals surface area (Å²) in [7, 11) is 0. The topological polar surface area (TPSA) is 62.1 Å². The van der Waals surface area contributed by atoms with Crippen molar-refractivity contribution in [2.24, 2.45) is 0 Å². The Balaban J connectivity index is 1.73. The number of nitrogens with one attached hydrogen (secondary N) is 1. The molecule has 3 aromatic rings. The highest BCUT2D eigenvalue weighted by molar-refractivity contribution is 9.10. The van der Waals surface area contributed by atoms with Crippen LogP contribution >= 0.6 is 15.9 Å². The molecule has 1 amide bonds. The Morgan fingerprint density at radius 1 is 1.10 bits per heavy atom. The van der Waals surface area contributed by atoms with E-state index in [0.29, 0.717) is 22.4 Å². The molecule has 0 aliphatic heterocycles. The predicted octanol–water partition coefficient (Wildman–Crippen LogP) is 5.71. The maximum atomic E-state index is 13.9. The number of hydrogen-bond acceptors (Lipinski definition) is 3. The van der Waals surface area contributed by atoms with Crippen molar-refractivity contribution in [1.82, 2.24) is 0 Å². The molecule has 0 aliphatic rings. The number of carbonyl (C=O) groups excluding carboxylic acids is 1. The molecule has 0 unspecified atom stereocenters. The molecule has 0 saturated carbocycles. The normalized spacial score (nSPS) is 10.9. The fraction of sp³-hybridized carbons (Fsp3) is 0.0435. The molecule has 29 heavy (non-hydrogen) atoms. The number of benzene rings is 3. The fourth-order valence-corrected chi connectivity index (χ4v) is 2.86. The second-order valence-corrected chi connectivity index (χ2v) is 7.01. The highest BCUT2D eigenvalue weighted by Crippen LogP contribution is 2.21. The van der Waals surface area contributed by atoms with Crippen LogP contribution in [-0.2, 0) is 11.4 Å². The molecule has 3 rings (SSSR count). The molecule has 0 aliphatic carbocycles. The van der Waals surface area contributed by atoms with Gasteiger partial charge in [-0.1, -0.05) is 58.4 Å². The SMILES string of the molecule is N#CC(=Cc1cccc(OCc2ccccc2)c1)C(=O)Nc1ccc(Br)cc1F. The second-order valence-electron chi connectivity index (χ2n) is 6.09. The van der Waals surface area contributed by atoms with Crippen LogP contribution in [-0.4, -0.2) is 5.91 Å². The Morgan fingerprint density at radius 3 is 2.62 bits per heavy atom. The van der Waals surface area contributed by atoms with Crippen molar-refractivity contribution in [2.45, 2.75) is 6.61 Å². The van der Waals surface area contributed by atoms with E-state index in [0.717, 1.165) is 5.56 Å². The van der Waals surface area contributed by atoms with Gasteiger partial charge in [0.2, 0.25) is 0 Å². The van der Waals surface area contributed by atoms with Crippen molar-refractivity contribution in [1.29, 1.82) is 5.26 Å². The van der Waals surface area contributed by atoms with Crippen LogP contribution < -0.4 is 10.1 Å². The van der Waals surface area contributed by atoms with Gasteiger partial charge in [-0.2, -0.15) is 5.26 Å². The smallest absolute Gasteiger partial charge is 0.266 e. The summed E-state index contributed by atoms with van der Waals surface area (Å²) in [4.78, 5) is 12.4. The van der Waals surface area contributed by atoms with Gasteiger partial charge >= 0.3 is 0 Å². The fourth-order valence-electron chi connectivity index (χ4n) is 2.53. The third-order valence-electron chi connectivity index (χ3n) is 3.96. The van der Waals surface area contributed by atoms with Crippen molar-refractivity contribution in [2.75, 3.05) is 5.32 Å². The monoisotopic (exact) mass is 450 g/mol. The molecule has 0 aromatic heterocycles. The van der Waals surface area contributed by atoms with E-state index in [-0.39, 0.29) is 11.3 Å². The Hall–Kier alpha value is -3.43. The minimum atomic E-state index is -0.690. The van der Waals surface area contributed by atoms with Crippen LogP contribution in [0.4, 0.5) is 10.1 Å². The van der Waals surface area contributed by atoms with Gasteiger partial charge in [-0.25, -0.2) is 4.39 Å². The number of rotatable bonds is 6. The molecule has 0 atom stereocenters. The Kier molecular flexibility index (Phi) is 6.77. The first-order valence-corrected chi connectivity index (χ1v) is 9.49. The number of halogens is 2. The van der Waals surface area contributed by atoms with Gasteiger partial charge in [0.1, 0.15) is 29.8 Å².